The van der Waals surface area contributed by atoms with E-state index in [4.69, 9.17) is 0 Å². The maximum absolute atomic E-state index is 2.53. The minimum Gasteiger partial charge on any atom is -0.0847 e. The number of hydrogen-bond acceptors (Lipinski definition) is 0. The van der Waals surface area contributed by atoms with Gasteiger partial charge in [0.05, 0.1) is 0 Å². The van der Waals surface area contributed by atoms with Gasteiger partial charge in [-0.05, 0) is 61.2 Å². The first-order valence-electron chi connectivity index (χ1n) is 6.75. The van der Waals surface area contributed by atoms with Gasteiger partial charge >= 0.3 is 0 Å². The lowest BCUT2D eigenvalue weighted by atomic mass is 9.70. The molecule has 3 rings (SSSR count). The molecule has 0 saturated heterocycles. The maximum atomic E-state index is 2.53. The summed E-state index contributed by atoms with van der Waals surface area (Å²) in [6, 6.07) is 0. The van der Waals surface area contributed by atoms with Gasteiger partial charge in [0, 0.05) is 0 Å². The Bertz CT molecular complexity index is 312. The van der Waals surface area contributed by atoms with Crippen molar-refractivity contribution in [3.05, 3.63) is 11.6 Å². The predicted molar refractivity (Wildman–Crippen MR) is 64.5 cm³/mol. The molecule has 0 aromatic heterocycles. The van der Waals surface area contributed by atoms with E-state index in [0.717, 1.165) is 35.0 Å². The van der Waals surface area contributed by atoms with Crippen LogP contribution in [0.1, 0.15) is 47.0 Å². The molecule has 0 aromatic rings. The highest BCUT2D eigenvalue weighted by molar-refractivity contribution is 5.35. The molecule has 2 fully saturated rings. The molecule has 0 unspecified atom stereocenters. The molecule has 84 valence electrons. The highest BCUT2D eigenvalue weighted by atomic mass is 14.8. The average molecular weight is 204 g/mol. The second-order valence-electron chi connectivity index (χ2n) is 6.65. The van der Waals surface area contributed by atoms with Crippen LogP contribution < -0.4 is 0 Å². The zero-order valence-corrected chi connectivity index (χ0v) is 10.6. The van der Waals surface area contributed by atoms with Crippen LogP contribution in [-0.2, 0) is 0 Å². The summed E-state index contributed by atoms with van der Waals surface area (Å²) in [5.41, 5.74) is 2.47. The standard InChI is InChI=1S/C15H24/c1-9(2)12-6-5-11(4)15-8-7-10(3)13(15)14(12)15/h7,9,11-14H,5-6,8H2,1-4H3/t11-,12+,13+,14-,15-/m0/s1. The second kappa shape index (κ2) is 2.90. The smallest absolute Gasteiger partial charge is 0.0104 e. The highest BCUT2D eigenvalue weighted by Crippen LogP contribution is 2.77. The van der Waals surface area contributed by atoms with Crippen LogP contribution in [0.5, 0.6) is 0 Å². The summed E-state index contributed by atoms with van der Waals surface area (Å²) >= 11 is 0. The molecule has 2 saturated carbocycles. The lowest BCUT2D eigenvalue weighted by Crippen LogP contribution is -2.27. The molecule has 15 heavy (non-hydrogen) atoms. The molecule has 0 amide bonds. The summed E-state index contributed by atoms with van der Waals surface area (Å²) in [6.07, 6.45) is 6.91. The van der Waals surface area contributed by atoms with E-state index in [0.29, 0.717) is 0 Å². The van der Waals surface area contributed by atoms with Crippen LogP contribution in [0.15, 0.2) is 11.6 Å². The summed E-state index contributed by atoms with van der Waals surface area (Å²) in [4.78, 5) is 0. The van der Waals surface area contributed by atoms with Crippen LogP contribution in [0.4, 0.5) is 0 Å². The van der Waals surface area contributed by atoms with Crippen molar-refractivity contribution in [2.75, 3.05) is 0 Å². The minimum atomic E-state index is 0.747. The van der Waals surface area contributed by atoms with Crippen LogP contribution in [0, 0.1) is 35.0 Å². The van der Waals surface area contributed by atoms with Crippen molar-refractivity contribution < 1.29 is 0 Å². The zero-order valence-electron chi connectivity index (χ0n) is 10.6. The Hall–Kier alpha value is -0.260. The van der Waals surface area contributed by atoms with Crippen molar-refractivity contribution in [1.29, 1.82) is 0 Å². The van der Waals surface area contributed by atoms with Gasteiger partial charge in [-0.15, -0.1) is 0 Å². The molecule has 0 heterocycles. The normalized spacial score (nSPS) is 52.5. The van der Waals surface area contributed by atoms with Gasteiger partial charge in [-0.2, -0.15) is 0 Å². The fourth-order valence-electron chi connectivity index (χ4n) is 5.05. The fourth-order valence-corrected chi connectivity index (χ4v) is 5.05. The predicted octanol–water partition coefficient (Wildman–Crippen LogP) is 4.27. The van der Waals surface area contributed by atoms with Crippen LogP contribution in [0.2, 0.25) is 0 Å². The summed E-state index contributed by atoms with van der Waals surface area (Å²) < 4.78 is 0. The third-order valence-electron chi connectivity index (χ3n) is 5.89. The molecular formula is C15H24. The number of rotatable bonds is 1. The SMILES string of the molecule is CC1=CC[C@]23[C@@H]([C@@H](C(C)C)CC[C@@H]2C)[C@@H]13. The molecule has 5 atom stereocenters. The van der Waals surface area contributed by atoms with E-state index in [1.165, 1.54) is 19.3 Å². The Morgan fingerprint density at radius 3 is 2.73 bits per heavy atom. The molecule has 0 N–H and O–H groups in total. The van der Waals surface area contributed by atoms with Crippen LogP contribution in [0.3, 0.4) is 0 Å². The van der Waals surface area contributed by atoms with Gasteiger partial charge in [-0.1, -0.05) is 32.4 Å². The molecule has 0 heteroatoms. The number of allylic oxidation sites excluding steroid dienone is 2. The van der Waals surface area contributed by atoms with Gasteiger partial charge in [0.25, 0.3) is 0 Å². The molecule has 0 nitrogen and oxygen atoms in total. The van der Waals surface area contributed by atoms with Gasteiger partial charge in [0.1, 0.15) is 0 Å². The first-order chi connectivity index (χ1) is 7.09. The van der Waals surface area contributed by atoms with Crippen molar-refractivity contribution in [3.63, 3.8) is 0 Å². The molecule has 0 aliphatic heterocycles. The summed E-state index contributed by atoms with van der Waals surface area (Å²) in [5.74, 6) is 4.96. The topological polar surface area (TPSA) is 0 Å². The third kappa shape index (κ3) is 1.04. The molecule has 3 aliphatic carbocycles. The Morgan fingerprint density at radius 1 is 1.33 bits per heavy atom. The summed E-state index contributed by atoms with van der Waals surface area (Å²) in [5, 5.41) is 0. The Labute approximate surface area is 94.1 Å². The van der Waals surface area contributed by atoms with Gasteiger partial charge in [0.15, 0.2) is 0 Å². The molecule has 1 spiro atoms. The van der Waals surface area contributed by atoms with Gasteiger partial charge in [0.2, 0.25) is 0 Å². The number of fused-ring (bicyclic) bond motifs is 1. The molecule has 3 aliphatic rings. The van der Waals surface area contributed by atoms with Crippen LogP contribution >= 0.6 is 0 Å². The summed E-state index contributed by atoms with van der Waals surface area (Å²) in [6.45, 7) is 9.75. The molecule has 0 bridgehead atoms. The van der Waals surface area contributed by atoms with Crippen molar-refractivity contribution in [1.82, 2.24) is 0 Å². The van der Waals surface area contributed by atoms with Crippen molar-refractivity contribution in [3.8, 4) is 0 Å². The van der Waals surface area contributed by atoms with E-state index in [1.54, 1.807) is 5.57 Å². The Morgan fingerprint density at radius 2 is 2.07 bits per heavy atom. The van der Waals surface area contributed by atoms with Gasteiger partial charge < -0.3 is 0 Å². The van der Waals surface area contributed by atoms with Crippen LogP contribution in [-0.4, -0.2) is 0 Å². The monoisotopic (exact) mass is 204 g/mol. The fraction of sp³-hybridized carbons (Fsp3) is 0.867. The number of hydrogen-bond donors (Lipinski definition) is 0. The highest BCUT2D eigenvalue weighted by Gasteiger charge is 2.71. The zero-order chi connectivity index (χ0) is 10.8. The van der Waals surface area contributed by atoms with Crippen molar-refractivity contribution in [2.24, 2.45) is 35.0 Å². The molecule has 0 aromatic carbocycles. The molecular weight excluding hydrogens is 180 g/mol. The first-order valence-corrected chi connectivity index (χ1v) is 6.75. The largest absolute Gasteiger partial charge is 0.0847 e. The Kier molecular flexibility index (Phi) is 1.92. The van der Waals surface area contributed by atoms with Crippen molar-refractivity contribution >= 4 is 0 Å². The van der Waals surface area contributed by atoms with E-state index in [1.807, 2.05) is 0 Å². The Balaban J connectivity index is 1.91. The summed E-state index contributed by atoms with van der Waals surface area (Å²) in [7, 11) is 0. The lowest BCUT2D eigenvalue weighted by molar-refractivity contribution is 0.149. The quantitative estimate of drug-likeness (QED) is 0.559. The van der Waals surface area contributed by atoms with Gasteiger partial charge in [-0.25, -0.2) is 0 Å². The van der Waals surface area contributed by atoms with Crippen LogP contribution in [0.25, 0.3) is 0 Å². The average Bonchev–Trinajstić information content (AvgIpc) is 2.75. The maximum Gasteiger partial charge on any atom is -0.0104 e. The second-order valence-corrected chi connectivity index (χ2v) is 6.65. The van der Waals surface area contributed by atoms with E-state index in [-0.39, 0.29) is 0 Å². The van der Waals surface area contributed by atoms with E-state index < -0.39 is 0 Å². The van der Waals surface area contributed by atoms with Gasteiger partial charge in [-0.3, -0.25) is 0 Å². The third-order valence-corrected chi connectivity index (χ3v) is 5.89. The lowest BCUT2D eigenvalue weighted by Gasteiger charge is -2.35. The van der Waals surface area contributed by atoms with Crippen molar-refractivity contribution in [2.45, 2.75) is 47.0 Å². The minimum absolute atomic E-state index is 0.747. The van der Waals surface area contributed by atoms with E-state index >= 15 is 0 Å². The van der Waals surface area contributed by atoms with E-state index in [2.05, 4.69) is 33.8 Å². The van der Waals surface area contributed by atoms with E-state index in [9.17, 15) is 0 Å². The molecule has 0 radical (unpaired) electrons. The first kappa shape index (κ1) is 9.93.